The van der Waals surface area contributed by atoms with Gasteiger partial charge in [-0.05, 0) is 42.5 Å². The van der Waals surface area contributed by atoms with Crippen LogP contribution < -0.4 is 5.32 Å². The smallest absolute Gasteiger partial charge is 0.230 e. The van der Waals surface area contributed by atoms with Crippen molar-refractivity contribution in [1.29, 1.82) is 0 Å². The Balaban J connectivity index is 2.01. The van der Waals surface area contributed by atoms with Crippen molar-refractivity contribution in [1.82, 2.24) is 0 Å². The Kier molecular flexibility index (Phi) is 6.31. The minimum Gasteiger partial charge on any atom is -0.326 e. The summed E-state index contributed by atoms with van der Waals surface area (Å²) in [4.78, 5) is 14.0. The van der Waals surface area contributed by atoms with Crippen molar-refractivity contribution in [2.45, 2.75) is 30.0 Å². The van der Waals surface area contributed by atoms with Crippen molar-refractivity contribution in [3.63, 3.8) is 0 Å². The van der Waals surface area contributed by atoms with Crippen molar-refractivity contribution in [3.8, 4) is 0 Å². The standard InChI is InChI=1S/C19H22BrNOS/c1-19(2,13-17(20)14-7-5-4-6-8-14)18(22)21-15-9-11-16(23-3)12-10-15/h4-12,17H,13H2,1-3H3,(H,21,22). The fraction of sp³-hybridized carbons (Fsp3) is 0.316. The fourth-order valence-corrected chi connectivity index (χ4v) is 3.82. The van der Waals surface area contributed by atoms with E-state index >= 15 is 0 Å². The van der Waals surface area contributed by atoms with Gasteiger partial charge in [-0.15, -0.1) is 11.8 Å². The predicted octanol–water partition coefficient (Wildman–Crippen LogP) is 5.90. The molecule has 23 heavy (non-hydrogen) atoms. The number of thioether (sulfide) groups is 1. The third kappa shape index (κ3) is 5.11. The van der Waals surface area contributed by atoms with Crippen molar-refractivity contribution in [2.24, 2.45) is 5.41 Å². The largest absolute Gasteiger partial charge is 0.326 e. The van der Waals surface area contributed by atoms with Gasteiger partial charge >= 0.3 is 0 Å². The molecule has 0 aliphatic carbocycles. The van der Waals surface area contributed by atoms with Crippen molar-refractivity contribution >= 4 is 39.3 Å². The SMILES string of the molecule is CSc1ccc(NC(=O)C(C)(C)CC(Br)c2ccccc2)cc1. The van der Waals surface area contributed by atoms with E-state index in [9.17, 15) is 4.79 Å². The Morgan fingerprint density at radius 1 is 1.13 bits per heavy atom. The molecule has 0 spiro atoms. The van der Waals surface area contributed by atoms with Crippen LogP contribution >= 0.6 is 27.7 Å². The summed E-state index contributed by atoms with van der Waals surface area (Å²) in [6.45, 7) is 3.96. The van der Waals surface area contributed by atoms with Gasteiger partial charge in [-0.25, -0.2) is 0 Å². The number of hydrogen-bond donors (Lipinski definition) is 1. The maximum absolute atomic E-state index is 12.6. The maximum atomic E-state index is 12.6. The van der Waals surface area contributed by atoms with Gasteiger partial charge in [-0.3, -0.25) is 4.79 Å². The van der Waals surface area contributed by atoms with Crippen LogP contribution in [0.4, 0.5) is 5.69 Å². The summed E-state index contributed by atoms with van der Waals surface area (Å²) >= 11 is 5.40. The van der Waals surface area contributed by atoms with Gasteiger partial charge < -0.3 is 5.32 Å². The molecule has 0 fully saturated rings. The monoisotopic (exact) mass is 391 g/mol. The number of carbonyl (C=O) groups excluding carboxylic acids is 1. The van der Waals surface area contributed by atoms with E-state index in [-0.39, 0.29) is 10.7 Å². The first-order valence-corrected chi connectivity index (χ1v) is 9.71. The van der Waals surface area contributed by atoms with Crippen LogP contribution in [0.15, 0.2) is 59.5 Å². The molecule has 2 nitrogen and oxygen atoms in total. The Hall–Kier alpha value is -1.26. The Morgan fingerprint density at radius 2 is 1.74 bits per heavy atom. The van der Waals surface area contributed by atoms with Crippen molar-refractivity contribution < 1.29 is 4.79 Å². The van der Waals surface area contributed by atoms with E-state index in [0.29, 0.717) is 0 Å². The van der Waals surface area contributed by atoms with Gasteiger partial charge in [0.2, 0.25) is 5.91 Å². The van der Waals surface area contributed by atoms with Crippen LogP contribution in [-0.2, 0) is 4.79 Å². The number of amides is 1. The summed E-state index contributed by atoms with van der Waals surface area (Å²) in [5.74, 6) is 0.0368. The summed E-state index contributed by atoms with van der Waals surface area (Å²) in [5.41, 5.74) is 1.56. The second kappa shape index (κ2) is 8.02. The average molecular weight is 392 g/mol. The molecule has 122 valence electrons. The second-order valence-corrected chi connectivity index (χ2v) is 8.13. The van der Waals surface area contributed by atoms with Gasteiger partial charge in [-0.1, -0.05) is 60.1 Å². The summed E-state index contributed by atoms with van der Waals surface area (Å²) < 4.78 is 0. The van der Waals surface area contributed by atoms with E-state index in [1.807, 2.05) is 62.6 Å². The highest BCUT2D eigenvalue weighted by atomic mass is 79.9. The van der Waals surface area contributed by atoms with E-state index in [0.717, 1.165) is 12.1 Å². The molecule has 0 heterocycles. The normalized spacial score (nSPS) is 12.7. The molecular weight excluding hydrogens is 370 g/mol. The second-order valence-electron chi connectivity index (χ2n) is 6.15. The van der Waals surface area contributed by atoms with E-state index < -0.39 is 5.41 Å². The number of alkyl halides is 1. The zero-order chi connectivity index (χ0) is 16.9. The van der Waals surface area contributed by atoms with Crippen LogP contribution in [0.5, 0.6) is 0 Å². The first-order valence-electron chi connectivity index (χ1n) is 7.57. The van der Waals surface area contributed by atoms with Gasteiger partial charge in [0.05, 0.1) is 0 Å². The summed E-state index contributed by atoms with van der Waals surface area (Å²) in [6, 6.07) is 18.1. The van der Waals surface area contributed by atoms with E-state index in [4.69, 9.17) is 0 Å². The fourth-order valence-electron chi connectivity index (χ4n) is 2.30. The lowest BCUT2D eigenvalue weighted by Gasteiger charge is -2.26. The molecule has 2 rings (SSSR count). The zero-order valence-electron chi connectivity index (χ0n) is 13.7. The lowest BCUT2D eigenvalue weighted by molar-refractivity contribution is -0.124. The Morgan fingerprint density at radius 3 is 2.30 bits per heavy atom. The third-order valence-electron chi connectivity index (χ3n) is 3.81. The minimum absolute atomic E-state index is 0.0368. The van der Waals surface area contributed by atoms with Crippen LogP contribution in [0, 0.1) is 5.41 Å². The highest BCUT2D eigenvalue weighted by Crippen LogP contribution is 2.36. The van der Waals surface area contributed by atoms with Crippen LogP contribution in [-0.4, -0.2) is 12.2 Å². The molecule has 0 aliphatic heterocycles. The molecule has 1 unspecified atom stereocenters. The molecule has 2 aromatic rings. The van der Waals surface area contributed by atoms with Crippen molar-refractivity contribution in [2.75, 3.05) is 11.6 Å². The average Bonchev–Trinajstić information content (AvgIpc) is 2.56. The number of rotatable bonds is 6. The molecule has 0 radical (unpaired) electrons. The maximum Gasteiger partial charge on any atom is 0.230 e. The number of anilines is 1. The van der Waals surface area contributed by atoms with E-state index in [2.05, 4.69) is 33.4 Å². The Bertz CT molecular complexity index is 640. The molecule has 4 heteroatoms. The minimum atomic E-state index is -0.470. The van der Waals surface area contributed by atoms with E-state index in [1.54, 1.807) is 11.8 Å². The molecule has 1 amide bonds. The first kappa shape index (κ1) is 18.1. The quantitative estimate of drug-likeness (QED) is 0.490. The third-order valence-corrected chi connectivity index (χ3v) is 5.41. The summed E-state index contributed by atoms with van der Waals surface area (Å²) in [7, 11) is 0. The van der Waals surface area contributed by atoms with Gasteiger partial charge in [-0.2, -0.15) is 0 Å². The molecule has 1 atom stereocenters. The number of halogens is 1. The summed E-state index contributed by atoms with van der Waals surface area (Å²) in [5, 5.41) is 3.02. The van der Waals surface area contributed by atoms with Gasteiger partial charge in [0, 0.05) is 20.8 Å². The molecule has 2 aromatic carbocycles. The molecule has 0 bridgehead atoms. The van der Waals surface area contributed by atoms with Crippen molar-refractivity contribution in [3.05, 3.63) is 60.2 Å². The molecule has 0 aliphatic rings. The number of carbonyl (C=O) groups is 1. The summed E-state index contributed by atoms with van der Waals surface area (Å²) in [6.07, 6.45) is 2.77. The highest BCUT2D eigenvalue weighted by molar-refractivity contribution is 9.09. The first-order chi connectivity index (χ1) is 10.9. The molecule has 0 aromatic heterocycles. The van der Waals surface area contributed by atoms with Gasteiger partial charge in [0.25, 0.3) is 0 Å². The molecule has 1 N–H and O–H groups in total. The molecule has 0 saturated carbocycles. The van der Waals surface area contributed by atoms with Gasteiger partial charge in [0.1, 0.15) is 0 Å². The van der Waals surface area contributed by atoms with Gasteiger partial charge in [0.15, 0.2) is 0 Å². The zero-order valence-corrected chi connectivity index (χ0v) is 16.1. The van der Waals surface area contributed by atoms with E-state index in [1.165, 1.54) is 10.5 Å². The molecule has 0 saturated heterocycles. The number of hydrogen-bond acceptors (Lipinski definition) is 2. The number of benzene rings is 2. The number of nitrogens with one attached hydrogen (secondary N) is 1. The Labute approximate surface area is 151 Å². The lowest BCUT2D eigenvalue weighted by atomic mass is 9.85. The topological polar surface area (TPSA) is 29.1 Å². The van der Waals surface area contributed by atoms with Crippen LogP contribution in [0.1, 0.15) is 30.7 Å². The van der Waals surface area contributed by atoms with Crippen LogP contribution in [0.2, 0.25) is 0 Å². The highest BCUT2D eigenvalue weighted by Gasteiger charge is 2.30. The molecular formula is C19H22BrNOS. The van der Waals surface area contributed by atoms with Crippen LogP contribution in [0.3, 0.4) is 0 Å². The lowest BCUT2D eigenvalue weighted by Crippen LogP contribution is -2.31. The predicted molar refractivity (Wildman–Crippen MR) is 103 cm³/mol. The van der Waals surface area contributed by atoms with Crippen LogP contribution in [0.25, 0.3) is 0 Å².